The van der Waals surface area contributed by atoms with Crippen molar-refractivity contribution >= 4 is 5.91 Å². The molecule has 134 valence electrons. The maximum atomic E-state index is 12.3. The number of benzene rings is 1. The van der Waals surface area contributed by atoms with E-state index in [4.69, 9.17) is 9.63 Å². The van der Waals surface area contributed by atoms with Gasteiger partial charge < -0.3 is 14.9 Å². The van der Waals surface area contributed by atoms with E-state index in [1.807, 2.05) is 36.5 Å². The molecule has 0 aliphatic heterocycles. The van der Waals surface area contributed by atoms with Crippen LogP contribution in [0, 0.1) is 0 Å². The zero-order chi connectivity index (χ0) is 17.9. The van der Waals surface area contributed by atoms with Gasteiger partial charge in [-0.3, -0.25) is 4.79 Å². The molecule has 26 heavy (non-hydrogen) atoms. The average Bonchev–Trinajstić information content (AvgIpc) is 3.28. The minimum Gasteiger partial charge on any atom is -0.396 e. The highest BCUT2D eigenvalue weighted by molar-refractivity contribution is 5.93. The molecule has 1 fully saturated rings. The summed E-state index contributed by atoms with van der Waals surface area (Å²) in [5.74, 6) is 0.334. The van der Waals surface area contributed by atoms with E-state index in [2.05, 4.69) is 20.8 Å². The van der Waals surface area contributed by atoms with Gasteiger partial charge in [-0.1, -0.05) is 40.7 Å². The van der Waals surface area contributed by atoms with Crippen LogP contribution in [-0.4, -0.2) is 43.8 Å². The second-order valence-electron chi connectivity index (χ2n) is 6.40. The predicted molar refractivity (Wildman–Crippen MR) is 92.3 cm³/mol. The molecule has 1 aliphatic rings. The van der Waals surface area contributed by atoms with Crippen molar-refractivity contribution in [1.29, 1.82) is 0 Å². The molecule has 3 aromatic rings. The summed E-state index contributed by atoms with van der Waals surface area (Å²) in [7, 11) is 0. The van der Waals surface area contributed by atoms with Crippen LogP contribution in [0.1, 0.15) is 35.1 Å². The Kier molecular flexibility index (Phi) is 4.49. The molecule has 1 saturated carbocycles. The van der Waals surface area contributed by atoms with E-state index >= 15 is 0 Å². The summed E-state index contributed by atoms with van der Waals surface area (Å²) in [4.78, 5) is 12.3. The molecule has 1 amide bonds. The summed E-state index contributed by atoms with van der Waals surface area (Å²) in [6.45, 7) is 0.0602. The maximum Gasteiger partial charge on any atom is 0.273 e. The Labute approximate surface area is 149 Å². The molecule has 1 aromatic carbocycles. The smallest absolute Gasteiger partial charge is 0.273 e. The number of rotatable bonds is 6. The van der Waals surface area contributed by atoms with E-state index < -0.39 is 0 Å². The summed E-state index contributed by atoms with van der Waals surface area (Å²) in [5.41, 5.74) is 1.93. The van der Waals surface area contributed by atoms with E-state index in [1.54, 1.807) is 10.7 Å². The highest BCUT2D eigenvalue weighted by Crippen LogP contribution is 2.31. The van der Waals surface area contributed by atoms with Gasteiger partial charge >= 0.3 is 0 Å². The topological polar surface area (TPSA) is 106 Å². The third-order valence-electron chi connectivity index (χ3n) is 4.55. The lowest BCUT2D eigenvalue weighted by atomic mass is 9.87. The first kappa shape index (κ1) is 16.5. The second-order valence-corrected chi connectivity index (χ2v) is 6.40. The van der Waals surface area contributed by atoms with Crippen molar-refractivity contribution in [2.45, 2.75) is 31.3 Å². The number of aliphatic hydroxyl groups excluding tert-OH is 1. The van der Waals surface area contributed by atoms with Crippen molar-refractivity contribution in [3.63, 3.8) is 0 Å². The van der Waals surface area contributed by atoms with Crippen LogP contribution in [0.2, 0.25) is 0 Å². The van der Waals surface area contributed by atoms with Crippen molar-refractivity contribution in [1.82, 2.24) is 25.5 Å². The standard InChI is InChI=1S/C18H19N5O3/c24-7-6-13-11-23(22-20-13)15-8-14(9-15)19-18(25)16-10-17(26-21-16)12-4-2-1-3-5-12/h1-5,10-11,14-15,24H,6-9H2,(H,19,25)/t14-,15-. The molecule has 0 atom stereocenters. The van der Waals surface area contributed by atoms with E-state index in [-0.39, 0.29) is 30.3 Å². The quantitative estimate of drug-likeness (QED) is 0.697. The largest absolute Gasteiger partial charge is 0.396 e. The van der Waals surface area contributed by atoms with Crippen LogP contribution in [0.3, 0.4) is 0 Å². The van der Waals surface area contributed by atoms with Crippen LogP contribution in [0.15, 0.2) is 47.1 Å². The minimum absolute atomic E-state index is 0.0602. The van der Waals surface area contributed by atoms with Gasteiger partial charge in [-0.2, -0.15) is 0 Å². The number of nitrogens with one attached hydrogen (secondary N) is 1. The Balaban J connectivity index is 1.32. The van der Waals surface area contributed by atoms with Crippen LogP contribution < -0.4 is 5.32 Å². The van der Waals surface area contributed by atoms with Gasteiger partial charge in [0.15, 0.2) is 11.5 Å². The minimum atomic E-state index is -0.237. The molecule has 2 heterocycles. The van der Waals surface area contributed by atoms with Crippen LogP contribution in [-0.2, 0) is 6.42 Å². The lowest BCUT2D eigenvalue weighted by Gasteiger charge is -2.35. The molecule has 4 rings (SSSR count). The summed E-state index contributed by atoms with van der Waals surface area (Å²) >= 11 is 0. The van der Waals surface area contributed by atoms with Crippen LogP contribution in [0.4, 0.5) is 0 Å². The Morgan fingerprint density at radius 2 is 2.12 bits per heavy atom. The molecule has 8 heteroatoms. The fourth-order valence-corrected chi connectivity index (χ4v) is 3.02. The Morgan fingerprint density at radius 3 is 2.88 bits per heavy atom. The summed E-state index contributed by atoms with van der Waals surface area (Å²) in [6, 6.07) is 11.5. The van der Waals surface area contributed by atoms with Gasteiger partial charge in [0.1, 0.15) is 0 Å². The molecule has 1 aliphatic carbocycles. The van der Waals surface area contributed by atoms with Crippen molar-refractivity contribution in [3.05, 3.63) is 54.0 Å². The number of aliphatic hydroxyl groups is 1. The molecular weight excluding hydrogens is 334 g/mol. The zero-order valence-corrected chi connectivity index (χ0v) is 14.1. The van der Waals surface area contributed by atoms with Crippen LogP contribution in [0.25, 0.3) is 11.3 Å². The van der Waals surface area contributed by atoms with Gasteiger partial charge in [-0.15, -0.1) is 5.10 Å². The van der Waals surface area contributed by atoms with Gasteiger partial charge in [0.2, 0.25) is 0 Å². The van der Waals surface area contributed by atoms with Crippen LogP contribution >= 0.6 is 0 Å². The Bertz CT molecular complexity index is 883. The summed E-state index contributed by atoms with van der Waals surface area (Å²) in [5, 5.41) is 23.9. The monoisotopic (exact) mass is 353 g/mol. The Morgan fingerprint density at radius 1 is 1.31 bits per heavy atom. The SMILES string of the molecule is O=C(N[C@H]1C[C@H](n2cc(CCO)nn2)C1)c1cc(-c2ccccc2)on1. The number of hydrogen-bond donors (Lipinski definition) is 2. The number of carbonyl (C=O) groups is 1. The van der Waals surface area contributed by atoms with E-state index in [1.165, 1.54) is 0 Å². The summed E-state index contributed by atoms with van der Waals surface area (Å²) in [6.07, 6.45) is 3.93. The highest BCUT2D eigenvalue weighted by atomic mass is 16.5. The molecule has 8 nitrogen and oxygen atoms in total. The number of nitrogens with zero attached hydrogens (tertiary/aromatic N) is 4. The van der Waals surface area contributed by atoms with Gasteiger partial charge in [0.25, 0.3) is 5.91 Å². The van der Waals surface area contributed by atoms with Gasteiger partial charge in [0, 0.05) is 36.9 Å². The normalized spacial score (nSPS) is 19.1. The molecule has 0 spiro atoms. The van der Waals surface area contributed by atoms with Crippen molar-refractivity contribution in [2.75, 3.05) is 6.61 Å². The molecule has 2 aromatic heterocycles. The zero-order valence-electron chi connectivity index (χ0n) is 14.1. The van der Waals surface area contributed by atoms with Crippen molar-refractivity contribution < 1.29 is 14.4 Å². The third-order valence-corrected chi connectivity index (χ3v) is 4.55. The molecule has 0 bridgehead atoms. The molecule has 0 saturated heterocycles. The van der Waals surface area contributed by atoms with E-state index in [9.17, 15) is 4.79 Å². The fraction of sp³-hybridized carbons (Fsp3) is 0.333. The predicted octanol–water partition coefficient (Wildman–Crippen LogP) is 1.60. The molecule has 0 unspecified atom stereocenters. The van der Waals surface area contributed by atoms with Crippen molar-refractivity contribution in [3.8, 4) is 11.3 Å². The van der Waals surface area contributed by atoms with Crippen molar-refractivity contribution in [2.24, 2.45) is 0 Å². The number of carbonyl (C=O) groups excluding carboxylic acids is 1. The molecular formula is C18H19N5O3. The lowest BCUT2D eigenvalue weighted by Crippen LogP contribution is -2.45. The Hall–Kier alpha value is -3.00. The second kappa shape index (κ2) is 7.09. The van der Waals surface area contributed by atoms with Gasteiger partial charge in [0.05, 0.1) is 11.7 Å². The average molecular weight is 353 g/mol. The van der Waals surface area contributed by atoms with Crippen LogP contribution in [0.5, 0.6) is 0 Å². The first-order valence-corrected chi connectivity index (χ1v) is 8.57. The highest BCUT2D eigenvalue weighted by Gasteiger charge is 2.33. The van der Waals surface area contributed by atoms with E-state index in [0.29, 0.717) is 12.2 Å². The molecule has 0 radical (unpaired) electrons. The van der Waals surface area contributed by atoms with Gasteiger partial charge in [-0.25, -0.2) is 4.68 Å². The maximum absolute atomic E-state index is 12.3. The number of amides is 1. The fourth-order valence-electron chi connectivity index (χ4n) is 3.02. The van der Waals surface area contributed by atoms with Gasteiger partial charge in [-0.05, 0) is 12.8 Å². The number of aromatic nitrogens is 4. The lowest BCUT2D eigenvalue weighted by molar-refractivity contribution is 0.0878. The summed E-state index contributed by atoms with van der Waals surface area (Å²) < 4.78 is 7.07. The first-order chi connectivity index (χ1) is 12.7. The van der Waals surface area contributed by atoms with E-state index in [0.717, 1.165) is 24.1 Å². The third kappa shape index (κ3) is 3.36. The number of hydrogen-bond acceptors (Lipinski definition) is 6. The molecule has 2 N–H and O–H groups in total. The first-order valence-electron chi connectivity index (χ1n) is 8.57.